The number of ketones is 1. The number of fused-ring (bicyclic) bond motifs is 3. The normalized spacial score (nSPS) is 16.1. The summed E-state index contributed by atoms with van der Waals surface area (Å²) in [5, 5.41) is 1.28. The summed E-state index contributed by atoms with van der Waals surface area (Å²) >= 11 is 12.3. The maximum atomic E-state index is 13.2. The Hall–Kier alpha value is -2.99. The second kappa shape index (κ2) is 9.34. The first-order valence-corrected chi connectivity index (χ1v) is 11.7. The smallest absolute Gasteiger partial charge is 0.232 e. The molecule has 2 aliphatic heterocycles. The molecule has 0 fully saturated rings. The topological polar surface area (TPSA) is 48.0 Å². The molecule has 3 aromatic carbocycles. The molecule has 5 rings (SSSR count). The van der Waals surface area contributed by atoms with Crippen molar-refractivity contribution < 1.29 is 19.0 Å². The lowest BCUT2D eigenvalue weighted by atomic mass is 9.98. The molecule has 0 unspecified atom stereocenters. The molecule has 0 saturated carbocycles. The summed E-state index contributed by atoms with van der Waals surface area (Å²) in [4.78, 5) is 15.4. The minimum Gasteiger partial charge on any atom is -0.497 e. The molecular formula is C27H23Cl2NO4. The third-order valence-electron chi connectivity index (χ3n) is 6.11. The Labute approximate surface area is 208 Å². The SMILES string of the molecule is COc1ccc(/C=C2/Oc3c4c(cc(C)c3C2=O)OCN(CCc2ccc(Cl)cc2Cl)C4)cc1. The molecule has 0 spiro atoms. The van der Waals surface area contributed by atoms with Crippen LogP contribution in [0.5, 0.6) is 17.2 Å². The Morgan fingerprint density at radius 1 is 1.12 bits per heavy atom. The van der Waals surface area contributed by atoms with Crippen molar-refractivity contribution in [2.75, 3.05) is 20.4 Å². The molecule has 0 radical (unpaired) electrons. The molecule has 0 atom stereocenters. The van der Waals surface area contributed by atoms with Gasteiger partial charge in [0.25, 0.3) is 0 Å². The highest BCUT2D eigenvalue weighted by Crippen LogP contribution is 2.44. The third kappa shape index (κ3) is 4.39. The molecular weight excluding hydrogens is 473 g/mol. The van der Waals surface area contributed by atoms with Crippen molar-refractivity contribution >= 4 is 35.1 Å². The highest BCUT2D eigenvalue weighted by atomic mass is 35.5. The average molecular weight is 496 g/mol. The zero-order valence-corrected chi connectivity index (χ0v) is 20.4. The van der Waals surface area contributed by atoms with Crippen molar-refractivity contribution in [1.29, 1.82) is 0 Å². The van der Waals surface area contributed by atoms with Crippen LogP contribution in [0.15, 0.2) is 54.3 Å². The predicted molar refractivity (Wildman–Crippen MR) is 133 cm³/mol. The molecule has 0 amide bonds. The van der Waals surface area contributed by atoms with Crippen LogP contribution in [0.2, 0.25) is 10.0 Å². The van der Waals surface area contributed by atoms with Gasteiger partial charge in [0.05, 0.1) is 18.2 Å². The Morgan fingerprint density at radius 3 is 2.65 bits per heavy atom. The summed E-state index contributed by atoms with van der Waals surface area (Å²) in [6.45, 7) is 3.73. The molecule has 5 nitrogen and oxygen atoms in total. The summed E-state index contributed by atoms with van der Waals surface area (Å²) in [6.07, 6.45) is 2.52. The third-order valence-corrected chi connectivity index (χ3v) is 6.70. The number of aryl methyl sites for hydroxylation is 1. The number of Topliss-reactive ketones (excluding diaryl/α,β-unsaturated/α-hetero) is 1. The number of nitrogens with zero attached hydrogens (tertiary/aromatic N) is 1. The zero-order chi connectivity index (χ0) is 23.8. The zero-order valence-electron chi connectivity index (χ0n) is 18.9. The number of carbonyl (C=O) groups is 1. The largest absolute Gasteiger partial charge is 0.497 e. The van der Waals surface area contributed by atoms with E-state index in [0.717, 1.165) is 46.7 Å². The number of hydrogen-bond acceptors (Lipinski definition) is 5. The van der Waals surface area contributed by atoms with Gasteiger partial charge in [-0.15, -0.1) is 0 Å². The Kier molecular flexibility index (Phi) is 6.26. The first-order chi connectivity index (χ1) is 16.4. The van der Waals surface area contributed by atoms with Gasteiger partial charge in [-0.25, -0.2) is 0 Å². The fourth-order valence-corrected chi connectivity index (χ4v) is 4.78. The van der Waals surface area contributed by atoms with Gasteiger partial charge in [-0.1, -0.05) is 41.4 Å². The van der Waals surface area contributed by atoms with E-state index in [2.05, 4.69) is 4.90 Å². The number of methoxy groups -OCH3 is 1. The van der Waals surface area contributed by atoms with E-state index >= 15 is 0 Å². The summed E-state index contributed by atoms with van der Waals surface area (Å²) in [7, 11) is 1.62. The van der Waals surface area contributed by atoms with Gasteiger partial charge in [-0.3, -0.25) is 9.69 Å². The standard InChI is InChI=1S/C27H23Cl2NO4/c1-16-11-23-21(14-30(15-33-23)10-9-18-5-6-19(28)13-22(18)29)27-25(16)26(31)24(34-27)12-17-3-7-20(32-2)8-4-17/h3-8,11-13H,9-10,14-15H2,1-2H3/b24-12+. The quantitative estimate of drug-likeness (QED) is 0.387. The Morgan fingerprint density at radius 2 is 1.91 bits per heavy atom. The van der Waals surface area contributed by atoms with Crippen LogP contribution in [0.25, 0.3) is 6.08 Å². The van der Waals surface area contributed by atoms with Crippen LogP contribution in [0.3, 0.4) is 0 Å². The number of hydrogen-bond donors (Lipinski definition) is 0. The van der Waals surface area contributed by atoms with E-state index in [1.807, 2.05) is 49.4 Å². The fourth-order valence-electron chi connectivity index (χ4n) is 4.27. The monoisotopic (exact) mass is 495 g/mol. The summed E-state index contributed by atoms with van der Waals surface area (Å²) in [5.41, 5.74) is 4.23. The van der Waals surface area contributed by atoms with Gasteiger partial charge in [0.15, 0.2) is 5.76 Å². The van der Waals surface area contributed by atoms with Gasteiger partial charge >= 0.3 is 0 Å². The van der Waals surface area contributed by atoms with Crippen molar-refractivity contribution in [2.45, 2.75) is 19.9 Å². The number of allylic oxidation sites excluding steroid dienone is 1. The van der Waals surface area contributed by atoms with Crippen molar-refractivity contribution in [3.63, 3.8) is 0 Å². The van der Waals surface area contributed by atoms with Crippen LogP contribution in [-0.2, 0) is 13.0 Å². The van der Waals surface area contributed by atoms with Gasteiger partial charge in [-0.05, 0) is 66.4 Å². The van der Waals surface area contributed by atoms with Crippen LogP contribution < -0.4 is 14.2 Å². The van der Waals surface area contributed by atoms with Crippen LogP contribution >= 0.6 is 23.2 Å². The van der Waals surface area contributed by atoms with Crippen molar-refractivity contribution in [2.24, 2.45) is 0 Å². The molecule has 34 heavy (non-hydrogen) atoms. The molecule has 7 heteroatoms. The van der Waals surface area contributed by atoms with E-state index in [-0.39, 0.29) is 5.78 Å². The maximum Gasteiger partial charge on any atom is 0.232 e. The summed E-state index contributed by atoms with van der Waals surface area (Å²) in [5.74, 6) is 2.30. The molecule has 0 aliphatic carbocycles. The van der Waals surface area contributed by atoms with E-state index < -0.39 is 0 Å². The fraction of sp³-hybridized carbons (Fsp3) is 0.222. The Bertz CT molecular complexity index is 1300. The van der Waals surface area contributed by atoms with Crippen molar-refractivity contribution in [3.8, 4) is 17.2 Å². The van der Waals surface area contributed by atoms with E-state index in [9.17, 15) is 4.79 Å². The van der Waals surface area contributed by atoms with Crippen LogP contribution in [0.1, 0.15) is 32.6 Å². The molecule has 0 aromatic heterocycles. The van der Waals surface area contributed by atoms with Crippen molar-refractivity contribution in [3.05, 3.63) is 92.2 Å². The van der Waals surface area contributed by atoms with E-state index in [1.54, 1.807) is 19.3 Å². The molecule has 0 saturated heterocycles. The highest BCUT2D eigenvalue weighted by Gasteiger charge is 2.35. The minimum absolute atomic E-state index is 0.115. The number of rotatable bonds is 5. The van der Waals surface area contributed by atoms with Crippen LogP contribution in [-0.4, -0.2) is 31.1 Å². The lowest BCUT2D eigenvalue weighted by Gasteiger charge is -2.30. The van der Waals surface area contributed by atoms with Crippen LogP contribution in [0.4, 0.5) is 0 Å². The van der Waals surface area contributed by atoms with E-state index in [4.69, 9.17) is 37.4 Å². The summed E-state index contributed by atoms with van der Waals surface area (Å²) in [6, 6.07) is 15.0. The van der Waals surface area contributed by atoms with E-state index in [1.165, 1.54) is 0 Å². The van der Waals surface area contributed by atoms with Gasteiger partial charge in [0.1, 0.15) is 24.0 Å². The first-order valence-electron chi connectivity index (χ1n) is 11.0. The number of halogens is 2. The minimum atomic E-state index is -0.115. The highest BCUT2D eigenvalue weighted by molar-refractivity contribution is 6.35. The van der Waals surface area contributed by atoms with E-state index in [0.29, 0.717) is 40.4 Å². The molecule has 0 bridgehead atoms. The number of carbonyl (C=O) groups excluding carboxylic acids is 1. The second-order valence-electron chi connectivity index (χ2n) is 8.40. The lowest BCUT2D eigenvalue weighted by Crippen LogP contribution is -2.34. The molecule has 174 valence electrons. The number of ether oxygens (including phenoxy) is 3. The van der Waals surface area contributed by atoms with Gasteiger partial charge in [-0.2, -0.15) is 0 Å². The Balaban J connectivity index is 1.38. The van der Waals surface area contributed by atoms with Gasteiger partial charge in [0, 0.05) is 23.1 Å². The average Bonchev–Trinajstić information content (AvgIpc) is 3.16. The van der Waals surface area contributed by atoms with Crippen LogP contribution in [0, 0.1) is 6.92 Å². The first kappa shape index (κ1) is 22.8. The van der Waals surface area contributed by atoms with Crippen molar-refractivity contribution in [1.82, 2.24) is 4.90 Å². The molecule has 2 heterocycles. The van der Waals surface area contributed by atoms with Gasteiger partial charge < -0.3 is 14.2 Å². The molecule has 0 N–H and O–H groups in total. The lowest BCUT2D eigenvalue weighted by molar-refractivity contribution is 0.0949. The molecule has 2 aliphatic rings. The maximum absolute atomic E-state index is 13.2. The second-order valence-corrected chi connectivity index (χ2v) is 9.24. The van der Waals surface area contributed by atoms with Gasteiger partial charge in [0.2, 0.25) is 5.78 Å². The number of benzene rings is 3. The summed E-state index contributed by atoms with van der Waals surface area (Å²) < 4.78 is 17.4. The predicted octanol–water partition coefficient (Wildman–Crippen LogP) is 6.32. The molecule has 3 aromatic rings.